The molecule has 0 aliphatic carbocycles. The molecule has 19 heavy (non-hydrogen) atoms. The van der Waals surface area contributed by atoms with Crippen molar-refractivity contribution in [2.45, 2.75) is 6.92 Å². The molecule has 0 saturated carbocycles. The van der Waals surface area contributed by atoms with Crippen LogP contribution in [0.1, 0.15) is 21.5 Å². The van der Waals surface area contributed by atoms with Gasteiger partial charge in [-0.1, -0.05) is 42.0 Å². The van der Waals surface area contributed by atoms with Crippen LogP contribution < -0.4 is 5.43 Å². The second-order valence-electron chi connectivity index (χ2n) is 4.09. The highest BCUT2D eigenvalue weighted by molar-refractivity contribution is 14.1. The number of nitrogens with zero attached hydrogens (tertiary/aromatic N) is 1. The van der Waals surface area contributed by atoms with E-state index in [1.54, 1.807) is 12.3 Å². The first-order valence-electron chi connectivity index (χ1n) is 5.81. The average Bonchev–Trinajstić information content (AvgIpc) is 2.41. The highest BCUT2D eigenvalue weighted by Crippen LogP contribution is 2.10. The van der Waals surface area contributed by atoms with Crippen molar-refractivity contribution in [3.63, 3.8) is 0 Å². The first-order valence-corrected chi connectivity index (χ1v) is 6.89. The van der Waals surface area contributed by atoms with Gasteiger partial charge < -0.3 is 0 Å². The van der Waals surface area contributed by atoms with E-state index < -0.39 is 0 Å². The summed E-state index contributed by atoms with van der Waals surface area (Å²) in [6.07, 6.45) is 1.63. The first kappa shape index (κ1) is 13.7. The SMILES string of the molecule is Cc1ccc(C=NNC(=O)c2ccccc2I)cc1. The fourth-order valence-corrected chi connectivity index (χ4v) is 2.16. The van der Waals surface area contributed by atoms with Crippen LogP contribution in [0.15, 0.2) is 53.6 Å². The summed E-state index contributed by atoms with van der Waals surface area (Å²) in [6, 6.07) is 15.3. The van der Waals surface area contributed by atoms with Gasteiger partial charge in [-0.15, -0.1) is 0 Å². The lowest BCUT2D eigenvalue weighted by molar-refractivity contribution is 0.0954. The quantitative estimate of drug-likeness (QED) is 0.507. The molecule has 4 heteroatoms. The van der Waals surface area contributed by atoms with Gasteiger partial charge in [-0.2, -0.15) is 5.10 Å². The van der Waals surface area contributed by atoms with E-state index in [2.05, 4.69) is 33.1 Å². The highest BCUT2D eigenvalue weighted by Gasteiger charge is 2.07. The number of carbonyl (C=O) groups excluding carboxylic acids is 1. The van der Waals surface area contributed by atoms with Gasteiger partial charge in [0.05, 0.1) is 11.8 Å². The number of amides is 1. The second-order valence-corrected chi connectivity index (χ2v) is 5.25. The van der Waals surface area contributed by atoms with Crippen LogP contribution in [-0.4, -0.2) is 12.1 Å². The molecule has 0 aliphatic rings. The first-order chi connectivity index (χ1) is 9.16. The molecule has 0 radical (unpaired) electrons. The number of nitrogens with one attached hydrogen (secondary N) is 1. The molecule has 3 nitrogen and oxygen atoms in total. The molecular weight excluding hydrogens is 351 g/mol. The zero-order chi connectivity index (χ0) is 13.7. The van der Waals surface area contributed by atoms with Crippen LogP contribution in [0.2, 0.25) is 0 Å². The van der Waals surface area contributed by atoms with E-state index in [0.29, 0.717) is 5.56 Å². The van der Waals surface area contributed by atoms with Crippen LogP contribution in [0.25, 0.3) is 0 Å². The minimum absolute atomic E-state index is 0.201. The van der Waals surface area contributed by atoms with Gasteiger partial charge >= 0.3 is 0 Å². The molecule has 0 heterocycles. The normalized spacial score (nSPS) is 10.6. The zero-order valence-corrected chi connectivity index (χ0v) is 12.6. The maximum absolute atomic E-state index is 11.9. The van der Waals surface area contributed by atoms with Crippen LogP contribution in [0.5, 0.6) is 0 Å². The molecule has 1 N–H and O–H groups in total. The lowest BCUT2D eigenvalue weighted by Crippen LogP contribution is -2.18. The number of halogens is 1. The number of rotatable bonds is 3. The maximum Gasteiger partial charge on any atom is 0.272 e. The van der Waals surface area contributed by atoms with Crippen molar-refractivity contribution >= 4 is 34.7 Å². The number of hydrogen-bond donors (Lipinski definition) is 1. The van der Waals surface area contributed by atoms with Crippen LogP contribution in [0, 0.1) is 10.5 Å². The number of aryl methyl sites for hydroxylation is 1. The third kappa shape index (κ3) is 3.89. The summed E-state index contributed by atoms with van der Waals surface area (Å²) in [4.78, 5) is 11.9. The van der Waals surface area contributed by atoms with Gasteiger partial charge in [-0.25, -0.2) is 5.43 Å². The van der Waals surface area contributed by atoms with Crippen LogP contribution >= 0.6 is 22.6 Å². The van der Waals surface area contributed by atoms with Crippen molar-refractivity contribution < 1.29 is 4.79 Å². The number of benzene rings is 2. The van der Waals surface area contributed by atoms with E-state index >= 15 is 0 Å². The van der Waals surface area contributed by atoms with E-state index in [1.165, 1.54) is 5.56 Å². The molecule has 0 aromatic heterocycles. The van der Waals surface area contributed by atoms with Gasteiger partial charge in [0.2, 0.25) is 0 Å². The van der Waals surface area contributed by atoms with Gasteiger partial charge in [-0.3, -0.25) is 4.79 Å². The Kier molecular flexibility index (Phi) is 4.68. The average molecular weight is 364 g/mol. The summed E-state index contributed by atoms with van der Waals surface area (Å²) < 4.78 is 0.906. The Morgan fingerprint density at radius 3 is 2.53 bits per heavy atom. The summed E-state index contributed by atoms with van der Waals surface area (Å²) in [5.74, 6) is -0.201. The Hall–Kier alpha value is -1.69. The van der Waals surface area contributed by atoms with Crippen LogP contribution in [-0.2, 0) is 0 Å². The predicted octanol–water partition coefficient (Wildman–Crippen LogP) is 3.36. The molecule has 0 saturated heterocycles. The third-order valence-corrected chi connectivity index (χ3v) is 3.52. The molecule has 0 atom stereocenters. The summed E-state index contributed by atoms with van der Waals surface area (Å²) in [5.41, 5.74) is 5.30. The summed E-state index contributed by atoms with van der Waals surface area (Å²) in [7, 11) is 0. The van der Waals surface area contributed by atoms with Gasteiger partial charge in [0, 0.05) is 3.57 Å². The Morgan fingerprint density at radius 1 is 1.16 bits per heavy atom. The van der Waals surface area contributed by atoms with Gasteiger partial charge in [0.25, 0.3) is 5.91 Å². The van der Waals surface area contributed by atoms with Gasteiger partial charge in [0.15, 0.2) is 0 Å². The van der Waals surface area contributed by atoms with Crippen molar-refractivity contribution in [1.29, 1.82) is 0 Å². The molecular formula is C15H13IN2O. The Balaban J connectivity index is 2.01. The third-order valence-electron chi connectivity index (χ3n) is 2.58. The molecule has 1 amide bonds. The highest BCUT2D eigenvalue weighted by atomic mass is 127. The van der Waals surface area contributed by atoms with Crippen LogP contribution in [0.4, 0.5) is 0 Å². The molecule has 0 aliphatic heterocycles. The largest absolute Gasteiger partial charge is 0.272 e. The standard InChI is InChI=1S/C15H13IN2O/c1-11-6-8-12(9-7-11)10-17-18-15(19)13-4-2-3-5-14(13)16/h2-10H,1H3,(H,18,19). The van der Waals surface area contributed by atoms with E-state index in [9.17, 15) is 4.79 Å². The number of carbonyl (C=O) groups is 1. The monoisotopic (exact) mass is 364 g/mol. The smallest absolute Gasteiger partial charge is 0.267 e. The second kappa shape index (κ2) is 6.47. The molecule has 2 aromatic carbocycles. The minimum atomic E-state index is -0.201. The molecule has 0 unspecified atom stereocenters. The minimum Gasteiger partial charge on any atom is -0.267 e. The molecule has 0 spiro atoms. The van der Waals surface area contributed by atoms with Crippen molar-refractivity contribution in [2.24, 2.45) is 5.10 Å². The van der Waals surface area contributed by atoms with Gasteiger partial charge in [0.1, 0.15) is 0 Å². The molecule has 0 bridgehead atoms. The molecule has 2 rings (SSSR count). The molecule has 2 aromatic rings. The lowest BCUT2D eigenvalue weighted by Gasteiger charge is -2.01. The molecule has 96 valence electrons. The Labute approximate surface area is 125 Å². The number of hydrogen-bond acceptors (Lipinski definition) is 2. The predicted molar refractivity (Wildman–Crippen MR) is 85.4 cm³/mol. The lowest BCUT2D eigenvalue weighted by atomic mass is 10.2. The van der Waals surface area contributed by atoms with E-state index in [1.807, 2.05) is 49.4 Å². The topological polar surface area (TPSA) is 41.5 Å². The van der Waals surface area contributed by atoms with E-state index in [0.717, 1.165) is 9.13 Å². The maximum atomic E-state index is 11.9. The summed E-state index contributed by atoms with van der Waals surface area (Å²) in [6.45, 7) is 2.03. The Bertz CT molecular complexity index is 606. The zero-order valence-electron chi connectivity index (χ0n) is 10.4. The summed E-state index contributed by atoms with van der Waals surface area (Å²) in [5, 5.41) is 3.96. The fourth-order valence-electron chi connectivity index (χ4n) is 1.52. The fraction of sp³-hybridized carbons (Fsp3) is 0.0667. The van der Waals surface area contributed by atoms with Crippen molar-refractivity contribution in [1.82, 2.24) is 5.43 Å². The van der Waals surface area contributed by atoms with Crippen LogP contribution in [0.3, 0.4) is 0 Å². The van der Waals surface area contributed by atoms with Gasteiger partial charge in [-0.05, 0) is 47.2 Å². The molecule has 0 fully saturated rings. The van der Waals surface area contributed by atoms with E-state index in [4.69, 9.17) is 0 Å². The summed E-state index contributed by atoms with van der Waals surface area (Å²) >= 11 is 2.13. The number of hydrazone groups is 1. The Morgan fingerprint density at radius 2 is 1.84 bits per heavy atom. The van der Waals surface area contributed by atoms with Crippen molar-refractivity contribution in [3.8, 4) is 0 Å². The van der Waals surface area contributed by atoms with Crippen molar-refractivity contribution in [3.05, 3.63) is 68.8 Å². The van der Waals surface area contributed by atoms with E-state index in [-0.39, 0.29) is 5.91 Å². The van der Waals surface area contributed by atoms with Crippen molar-refractivity contribution in [2.75, 3.05) is 0 Å².